The van der Waals surface area contributed by atoms with Gasteiger partial charge < -0.3 is 10.2 Å². The highest BCUT2D eigenvalue weighted by Gasteiger charge is 2.32. The van der Waals surface area contributed by atoms with E-state index in [4.69, 9.17) is 34.8 Å². The van der Waals surface area contributed by atoms with Crippen LogP contribution >= 0.6 is 34.8 Å². The average Bonchev–Trinajstić information content (AvgIpc) is 2.69. The molecule has 1 atom stereocenters. The Balaban J connectivity index is 2.46. The van der Waals surface area contributed by atoms with E-state index in [-0.39, 0.29) is 17.3 Å². The number of sulfonamides is 1. The van der Waals surface area contributed by atoms with Crippen molar-refractivity contribution < 1.29 is 18.0 Å². The Bertz CT molecular complexity index is 1170. The number of hydrogen-bond donors (Lipinski definition) is 1. The molecule has 0 bridgehead atoms. The number of carbonyl (C=O) groups excluding carboxylic acids is 2. The Kier molecular flexibility index (Phi) is 9.27. The molecule has 186 valence electrons. The lowest BCUT2D eigenvalue weighted by molar-refractivity contribution is -0.140. The van der Waals surface area contributed by atoms with Gasteiger partial charge in [0.25, 0.3) is 0 Å². The first kappa shape index (κ1) is 28.2. The minimum absolute atomic E-state index is 0.0340. The van der Waals surface area contributed by atoms with Gasteiger partial charge in [0.05, 0.1) is 17.0 Å². The number of rotatable bonds is 8. The maximum absolute atomic E-state index is 13.5. The number of nitrogens with zero attached hydrogens (tertiary/aromatic N) is 2. The molecule has 0 radical (unpaired) electrons. The van der Waals surface area contributed by atoms with Gasteiger partial charge >= 0.3 is 0 Å². The number of hydrogen-bond acceptors (Lipinski definition) is 4. The predicted molar refractivity (Wildman–Crippen MR) is 138 cm³/mol. The molecule has 0 saturated heterocycles. The molecule has 0 aliphatic rings. The van der Waals surface area contributed by atoms with Crippen LogP contribution in [0.2, 0.25) is 15.1 Å². The molecule has 2 aromatic rings. The molecule has 1 unspecified atom stereocenters. The van der Waals surface area contributed by atoms with Crippen LogP contribution in [0.4, 0.5) is 5.69 Å². The van der Waals surface area contributed by atoms with Gasteiger partial charge in [-0.1, -0.05) is 53.0 Å². The van der Waals surface area contributed by atoms with Crippen molar-refractivity contribution in [2.75, 3.05) is 17.1 Å². The highest BCUT2D eigenvalue weighted by atomic mass is 35.5. The largest absolute Gasteiger partial charge is 0.350 e. The Morgan fingerprint density at radius 2 is 1.65 bits per heavy atom. The van der Waals surface area contributed by atoms with Gasteiger partial charge in [0.2, 0.25) is 21.8 Å². The average molecular weight is 549 g/mol. The van der Waals surface area contributed by atoms with Crippen molar-refractivity contribution >= 4 is 62.3 Å². The number of carbonyl (C=O) groups is 2. The summed E-state index contributed by atoms with van der Waals surface area (Å²) in [7, 11) is -3.87. The van der Waals surface area contributed by atoms with Crippen molar-refractivity contribution in [2.45, 2.75) is 45.8 Å². The predicted octanol–water partition coefficient (Wildman–Crippen LogP) is 4.74. The molecule has 7 nitrogen and oxygen atoms in total. The van der Waals surface area contributed by atoms with Gasteiger partial charge in [-0.15, -0.1) is 0 Å². The summed E-state index contributed by atoms with van der Waals surface area (Å²) in [6, 6.07) is 10.2. The van der Waals surface area contributed by atoms with E-state index in [0.717, 1.165) is 10.6 Å². The van der Waals surface area contributed by atoms with Gasteiger partial charge in [0.15, 0.2) is 0 Å². The number of nitrogens with one attached hydrogen (secondary N) is 1. The molecule has 1 N–H and O–H groups in total. The number of halogens is 3. The standard InChI is InChI=1S/C23H28Cl3N3O4S/c1-15(22(31)27-23(2,3)4)28(13-16-10-11-17(24)12-19(16)26)21(30)14-29(34(5,32)33)20-9-7-6-8-18(20)25/h6-12,15H,13-14H2,1-5H3,(H,27,31). The fraction of sp³-hybridized carbons (Fsp3) is 0.391. The lowest BCUT2D eigenvalue weighted by Crippen LogP contribution is -2.54. The fourth-order valence-corrected chi connectivity index (χ4v) is 4.76. The zero-order valence-corrected chi connectivity index (χ0v) is 22.7. The van der Waals surface area contributed by atoms with E-state index in [9.17, 15) is 18.0 Å². The highest BCUT2D eigenvalue weighted by Crippen LogP contribution is 2.28. The summed E-state index contributed by atoms with van der Waals surface area (Å²) in [5, 5.41) is 3.76. The molecule has 0 aliphatic heterocycles. The quantitative estimate of drug-likeness (QED) is 0.516. The van der Waals surface area contributed by atoms with Gasteiger partial charge in [-0.05, 0) is 57.5 Å². The summed E-state index contributed by atoms with van der Waals surface area (Å²) < 4.78 is 26.0. The lowest BCUT2D eigenvalue weighted by Gasteiger charge is -2.33. The van der Waals surface area contributed by atoms with Crippen LogP contribution in [0.15, 0.2) is 42.5 Å². The highest BCUT2D eigenvalue weighted by molar-refractivity contribution is 7.92. The molecule has 34 heavy (non-hydrogen) atoms. The number of amides is 2. The van der Waals surface area contributed by atoms with Gasteiger partial charge in [-0.25, -0.2) is 8.42 Å². The summed E-state index contributed by atoms with van der Waals surface area (Å²) >= 11 is 18.5. The van der Waals surface area contributed by atoms with E-state index in [1.165, 1.54) is 23.1 Å². The van der Waals surface area contributed by atoms with Crippen LogP contribution in [0.25, 0.3) is 0 Å². The third kappa shape index (κ3) is 7.77. The van der Waals surface area contributed by atoms with Crippen molar-refractivity contribution in [3.63, 3.8) is 0 Å². The normalized spacial score (nSPS) is 12.7. The topological polar surface area (TPSA) is 86.8 Å². The number of benzene rings is 2. The maximum Gasteiger partial charge on any atom is 0.244 e. The van der Waals surface area contributed by atoms with Gasteiger partial charge in [-0.2, -0.15) is 0 Å². The molecule has 0 aromatic heterocycles. The summed E-state index contributed by atoms with van der Waals surface area (Å²) in [4.78, 5) is 27.7. The van der Waals surface area contributed by atoms with Crippen LogP contribution in [0.1, 0.15) is 33.3 Å². The summed E-state index contributed by atoms with van der Waals surface area (Å²) in [5.74, 6) is -0.998. The van der Waals surface area contributed by atoms with E-state index < -0.39 is 40.0 Å². The van der Waals surface area contributed by atoms with E-state index in [1.54, 1.807) is 31.2 Å². The monoisotopic (exact) mass is 547 g/mol. The molecule has 0 saturated carbocycles. The Hall–Kier alpha value is -2.00. The molecule has 0 aliphatic carbocycles. The van der Waals surface area contributed by atoms with Crippen molar-refractivity contribution in [3.8, 4) is 0 Å². The van der Waals surface area contributed by atoms with Crippen molar-refractivity contribution in [2.24, 2.45) is 0 Å². The third-order valence-corrected chi connectivity index (χ3v) is 6.85. The zero-order chi connectivity index (χ0) is 25.8. The van der Waals surface area contributed by atoms with Crippen molar-refractivity contribution in [3.05, 3.63) is 63.1 Å². The van der Waals surface area contributed by atoms with Crippen LogP contribution < -0.4 is 9.62 Å². The van der Waals surface area contributed by atoms with E-state index in [1.807, 2.05) is 20.8 Å². The Morgan fingerprint density at radius 1 is 1.03 bits per heavy atom. The maximum atomic E-state index is 13.5. The van der Waals surface area contributed by atoms with E-state index >= 15 is 0 Å². The van der Waals surface area contributed by atoms with E-state index in [0.29, 0.717) is 15.6 Å². The smallest absolute Gasteiger partial charge is 0.244 e. The molecule has 2 aromatic carbocycles. The van der Waals surface area contributed by atoms with Gasteiger partial charge in [0, 0.05) is 22.1 Å². The van der Waals surface area contributed by atoms with Crippen LogP contribution in [-0.2, 0) is 26.2 Å². The molecular weight excluding hydrogens is 521 g/mol. The van der Waals surface area contributed by atoms with Crippen LogP contribution in [0.5, 0.6) is 0 Å². The SMILES string of the molecule is CC(C(=O)NC(C)(C)C)N(Cc1ccc(Cl)cc1Cl)C(=O)CN(c1ccccc1Cl)S(C)(=O)=O. The van der Waals surface area contributed by atoms with Gasteiger partial charge in [0.1, 0.15) is 12.6 Å². The second-order valence-corrected chi connectivity index (χ2v) is 12.1. The van der Waals surface area contributed by atoms with E-state index in [2.05, 4.69) is 5.32 Å². The van der Waals surface area contributed by atoms with Gasteiger partial charge in [-0.3, -0.25) is 13.9 Å². The van der Waals surface area contributed by atoms with Crippen LogP contribution in [0, 0.1) is 0 Å². The molecule has 0 fully saturated rings. The second kappa shape index (κ2) is 11.2. The Labute approximate surface area is 216 Å². The van der Waals surface area contributed by atoms with Crippen LogP contribution in [0.3, 0.4) is 0 Å². The summed E-state index contributed by atoms with van der Waals surface area (Å²) in [6.45, 7) is 6.45. The summed E-state index contributed by atoms with van der Waals surface area (Å²) in [6.07, 6.45) is 0.986. The van der Waals surface area contributed by atoms with Crippen molar-refractivity contribution in [1.29, 1.82) is 0 Å². The molecule has 2 amide bonds. The number of para-hydroxylation sites is 1. The fourth-order valence-electron chi connectivity index (χ4n) is 3.14. The van der Waals surface area contributed by atoms with Crippen LogP contribution in [-0.4, -0.2) is 49.5 Å². The first-order valence-electron chi connectivity index (χ1n) is 10.4. The Morgan fingerprint density at radius 3 is 2.18 bits per heavy atom. The third-order valence-electron chi connectivity index (χ3n) is 4.82. The minimum atomic E-state index is -3.87. The second-order valence-electron chi connectivity index (χ2n) is 8.89. The van der Waals surface area contributed by atoms with Crippen molar-refractivity contribution in [1.82, 2.24) is 10.2 Å². The molecule has 0 spiro atoms. The lowest BCUT2D eigenvalue weighted by atomic mass is 10.1. The molecule has 11 heteroatoms. The summed E-state index contributed by atoms with van der Waals surface area (Å²) in [5.41, 5.74) is 0.184. The minimum Gasteiger partial charge on any atom is -0.350 e. The first-order valence-corrected chi connectivity index (χ1v) is 13.4. The first-order chi connectivity index (χ1) is 15.6. The molecular formula is C23H28Cl3N3O4S. The zero-order valence-electron chi connectivity index (χ0n) is 19.6. The molecule has 0 heterocycles. The number of anilines is 1. The molecule has 2 rings (SSSR count).